The predicted octanol–water partition coefficient (Wildman–Crippen LogP) is 2.02. The molecular formula is C16H18N2O3. The molecule has 1 aliphatic carbocycles. The largest absolute Gasteiger partial charge is 0.494 e. The molecule has 5 heteroatoms. The second-order valence-corrected chi connectivity index (χ2v) is 6.17. The first kappa shape index (κ1) is 13.7. The van der Waals surface area contributed by atoms with Crippen molar-refractivity contribution in [2.75, 3.05) is 0 Å². The van der Waals surface area contributed by atoms with Crippen molar-refractivity contribution in [1.29, 1.82) is 0 Å². The number of rotatable bonds is 3. The third kappa shape index (κ3) is 2.39. The maximum atomic E-state index is 12.1. The van der Waals surface area contributed by atoms with E-state index < -0.39 is 11.2 Å². The lowest BCUT2D eigenvalue weighted by Gasteiger charge is -2.15. The van der Waals surface area contributed by atoms with Gasteiger partial charge >= 0.3 is 5.69 Å². The Balaban J connectivity index is 2.22. The lowest BCUT2D eigenvalue weighted by molar-refractivity contribution is 0.361. The molecule has 0 unspecified atom stereocenters. The van der Waals surface area contributed by atoms with Crippen LogP contribution in [0.1, 0.15) is 25.3 Å². The molecule has 1 aliphatic rings. The topological polar surface area (TPSA) is 75.1 Å². The van der Waals surface area contributed by atoms with Crippen molar-refractivity contribution in [3.05, 3.63) is 50.7 Å². The van der Waals surface area contributed by atoms with E-state index in [4.69, 9.17) is 0 Å². The molecule has 110 valence electrons. The molecule has 1 heterocycles. The van der Waals surface area contributed by atoms with Gasteiger partial charge in [0.15, 0.2) is 0 Å². The standard InChI is InChI=1S/C16H18N2O3/c1-10-5-3-4-6-11(10)12-13(19)17-15(21)18(14(12)20)9-16(2)7-8-16/h3-6,20H,7-9H2,1-2H3,(H,17,19,21). The van der Waals surface area contributed by atoms with E-state index in [1.165, 1.54) is 4.57 Å². The van der Waals surface area contributed by atoms with Crippen LogP contribution in [0.5, 0.6) is 5.88 Å². The third-order valence-electron chi connectivity index (χ3n) is 4.23. The van der Waals surface area contributed by atoms with Gasteiger partial charge in [-0.25, -0.2) is 4.79 Å². The number of aryl methyl sites for hydroxylation is 1. The first-order valence-corrected chi connectivity index (χ1v) is 7.03. The molecule has 0 atom stereocenters. The summed E-state index contributed by atoms with van der Waals surface area (Å²) in [6, 6.07) is 7.31. The van der Waals surface area contributed by atoms with Gasteiger partial charge in [0.2, 0.25) is 5.88 Å². The second-order valence-electron chi connectivity index (χ2n) is 6.17. The number of nitrogens with zero attached hydrogens (tertiary/aromatic N) is 1. The van der Waals surface area contributed by atoms with E-state index in [0.717, 1.165) is 18.4 Å². The number of benzene rings is 1. The second kappa shape index (κ2) is 4.62. The monoisotopic (exact) mass is 286 g/mol. The Morgan fingerprint density at radius 1 is 1.29 bits per heavy atom. The van der Waals surface area contributed by atoms with Crippen LogP contribution in [-0.4, -0.2) is 14.7 Å². The van der Waals surface area contributed by atoms with Crippen molar-refractivity contribution >= 4 is 0 Å². The van der Waals surface area contributed by atoms with Crippen LogP contribution < -0.4 is 11.2 Å². The van der Waals surface area contributed by atoms with Crippen molar-refractivity contribution < 1.29 is 5.11 Å². The summed E-state index contributed by atoms with van der Waals surface area (Å²) in [6.45, 7) is 4.36. The molecule has 21 heavy (non-hydrogen) atoms. The zero-order valence-corrected chi connectivity index (χ0v) is 12.1. The molecule has 1 aromatic heterocycles. The lowest BCUT2D eigenvalue weighted by atomic mass is 10.0. The molecule has 0 saturated heterocycles. The number of hydrogen-bond acceptors (Lipinski definition) is 3. The normalized spacial score (nSPS) is 15.9. The first-order chi connectivity index (χ1) is 9.91. The summed E-state index contributed by atoms with van der Waals surface area (Å²) in [5.74, 6) is -0.244. The molecule has 0 bridgehead atoms. The van der Waals surface area contributed by atoms with Crippen LogP contribution in [0.15, 0.2) is 33.9 Å². The van der Waals surface area contributed by atoms with Crippen molar-refractivity contribution in [3.63, 3.8) is 0 Å². The van der Waals surface area contributed by atoms with Crippen LogP contribution in [0.3, 0.4) is 0 Å². The highest BCUT2D eigenvalue weighted by Crippen LogP contribution is 2.46. The highest BCUT2D eigenvalue weighted by Gasteiger charge is 2.38. The molecule has 1 aromatic carbocycles. The van der Waals surface area contributed by atoms with Crippen molar-refractivity contribution in [1.82, 2.24) is 9.55 Å². The maximum absolute atomic E-state index is 12.1. The average molecular weight is 286 g/mol. The fraction of sp³-hybridized carbons (Fsp3) is 0.375. The van der Waals surface area contributed by atoms with Crippen LogP contribution in [-0.2, 0) is 6.54 Å². The van der Waals surface area contributed by atoms with E-state index in [2.05, 4.69) is 11.9 Å². The summed E-state index contributed by atoms with van der Waals surface area (Å²) in [4.78, 5) is 26.4. The summed E-state index contributed by atoms with van der Waals surface area (Å²) < 4.78 is 1.27. The lowest BCUT2D eigenvalue weighted by Crippen LogP contribution is -2.32. The Morgan fingerprint density at radius 2 is 1.95 bits per heavy atom. The van der Waals surface area contributed by atoms with Crippen LogP contribution in [0, 0.1) is 12.3 Å². The summed E-state index contributed by atoms with van der Waals surface area (Å²) >= 11 is 0. The molecular weight excluding hydrogens is 268 g/mol. The smallest absolute Gasteiger partial charge is 0.331 e. The average Bonchev–Trinajstić information content (AvgIpc) is 3.15. The fourth-order valence-electron chi connectivity index (χ4n) is 2.56. The van der Waals surface area contributed by atoms with Gasteiger partial charge in [-0.2, -0.15) is 0 Å². The Bertz CT molecular complexity index is 813. The van der Waals surface area contributed by atoms with Gasteiger partial charge in [-0.1, -0.05) is 31.2 Å². The molecule has 0 amide bonds. The highest BCUT2D eigenvalue weighted by atomic mass is 16.3. The van der Waals surface area contributed by atoms with E-state index in [9.17, 15) is 14.7 Å². The number of aromatic amines is 1. The zero-order chi connectivity index (χ0) is 15.2. The van der Waals surface area contributed by atoms with E-state index in [-0.39, 0.29) is 16.9 Å². The minimum Gasteiger partial charge on any atom is -0.494 e. The molecule has 2 N–H and O–H groups in total. The zero-order valence-electron chi connectivity index (χ0n) is 12.1. The van der Waals surface area contributed by atoms with Gasteiger partial charge in [0.1, 0.15) is 5.56 Å². The Labute approximate surface area is 121 Å². The van der Waals surface area contributed by atoms with Crippen LogP contribution in [0.4, 0.5) is 0 Å². The van der Waals surface area contributed by atoms with Gasteiger partial charge in [-0.05, 0) is 36.3 Å². The first-order valence-electron chi connectivity index (χ1n) is 7.03. The Morgan fingerprint density at radius 3 is 2.57 bits per heavy atom. The summed E-state index contributed by atoms with van der Waals surface area (Å²) in [5.41, 5.74) is 0.624. The SMILES string of the molecule is Cc1ccccc1-c1c(O)n(CC2(C)CC2)c(=O)[nH]c1=O. The van der Waals surface area contributed by atoms with Crippen molar-refractivity contribution in [2.45, 2.75) is 33.2 Å². The third-order valence-corrected chi connectivity index (χ3v) is 4.23. The van der Waals surface area contributed by atoms with Crippen molar-refractivity contribution in [3.8, 4) is 17.0 Å². The number of H-pyrrole nitrogens is 1. The Hall–Kier alpha value is -2.30. The summed E-state index contributed by atoms with van der Waals surface area (Å²) in [6.07, 6.45) is 2.05. The maximum Gasteiger partial charge on any atom is 0.331 e. The summed E-state index contributed by atoms with van der Waals surface area (Å²) in [7, 11) is 0. The van der Waals surface area contributed by atoms with E-state index in [0.29, 0.717) is 12.1 Å². The molecule has 2 aromatic rings. The fourth-order valence-corrected chi connectivity index (χ4v) is 2.56. The molecule has 0 radical (unpaired) electrons. The van der Waals surface area contributed by atoms with Gasteiger partial charge < -0.3 is 5.11 Å². The number of aromatic nitrogens is 2. The van der Waals surface area contributed by atoms with E-state index in [1.807, 2.05) is 19.1 Å². The highest BCUT2D eigenvalue weighted by molar-refractivity contribution is 5.70. The van der Waals surface area contributed by atoms with E-state index in [1.54, 1.807) is 12.1 Å². The predicted molar refractivity (Wildman–Crippen MR) is 80.5 cm³/mol. The molecule has 1 saturated carbocycles. The minimum atomic E-state index is -0.553. The van der Waals surface area contributed by atoms with Crippen LogP contribution >= 0.6 is 0 Å². The van der Waals surface area contributed by atoms with Crippen LogP contribution in [0.2, 0.25) is 0 Å². The Kier molecular flexibility index (Phi) is 3.01. The molecule has 5 nitrogen and oxygen atoms in total. The van der Waals surface area contributed by atoms with Crippen molar-refractivity contribution in [2.24, 2.45) is 5.41 Å². The number of nitrogens with one attached hydrogen (secondary N) is 1. The molecule has 3 rings (SSSR count). The van der Waals surface area contributed by atoms with Gasteiger partial charge in [0.05, 0.1) is 0 Å². The van der Waals surface area contributed by atoms with E-state index >= 15 is 0 Å². The minimum absolute atomic E-state index is 0.0442. The quantitative estimate of drug-likeness (QED) is 0.906. The molecule has 0 aliphatic heterocycles. The summed E-state index contributed by atoms with van der Waals surface area (Å²) in [5, 5.41) is 10.5. The van der Waals surface area contributed by atoms with Gasteiger partial charge in [-0.15, -0.1) is 0 Å². The number of hydrogen-bond donors (Lipinski definition) is 2. The molecule has 1 fully saturated rings. The van der Waals surface area contributed by atoms with Gasteiger partial charge in [0.25, 0.3) is 5.56 Å². The van der Waals surface area contributed by atoms with Crippen LogP contribution in [0.25, 0.3) is 11.1 Å². The number of aromatic hydroxyl groups is 1. The molecule has 0 spiro atoms. The van der Waals surface area contributed by atoms with Gasteiger partial charge in [0, 0.05) is 6.54 Å². The van der Waals surface area contributed by atoms with Gasteiger partial charge in [-0.3, -0.25) is 14.3 Å².